The Morgan fingerprint density at radius 2 is 1.93 bits per heavy atom. The van der Waals surface area contributed by atoms with Crippen LogP contribution in [0.2, 0.25) is 0 Å². The van der Waals surface area contributed by atoms with Crippen LogP contribution >= 0.6 is 24.2 Å². The number of carbonyl (C=O) groups excluding carboxylic acids is 1. The van der Waals surface area contributed by atoms with Gasteiger partial charge in [0.25, 0.3) is 0 Å². The van der Waals surface area contributed by atoms with Crippen molar-refractivity contribution in [3.63, 3.8) is 0 Å². The third-order valence-electron chi connectivity index (χ3n) is 5.25. The largest absolute Gasteiger partial charge is 0.342 e. The van der Waals surface area contributed by atoms with Gasteiger partial charge < -0.3 is 14.8 Å². The molecular formula is C19H26ClN5OS. The van der Waals surface area contributed by atoms with E-state index in [9.17, 15) is 4.79 Å². The molecule has 8 heteroatoms. The number of aryl methyl sites for hydroxylation is 1. The molecule has 6 nitrogen and oxygen atoms in total. The van der Waals surface area contributed by atoms with Crippen molar-refractivity contribution in [1.82, 2.24) is 25.0 Å². The molecule has 0 saturated carbocycles. The number of thioether (sulfide) groups is 1. The Morgan fingerprint density at radius 3 is 2.67 bits per heavy atom. The number of piperidine rings is 1. The quantitative estimate of drug-likeness (QED) is 0.789. The molecule has 1 saturated heterocycles. The zero-order valence-corrected chi connectivity index (χ0v) is 17.2. The topological polar surface area (TPSA) is 63.1 Å². The minimum Gasteiger partial charge on any atom is -0.342 e. The van der Waals surface area contributed by atoms with Crippen LogP contribution in [-0.4, -0.2) is 51.0 Å². The number of hydrogen-bond acceptors (Lipinski definition) is 5. The average molecular weight is 408 g/mol. The van der Waals surface area contributed by atoms with E-state index in [-0.39, 0.29) is 18.3 Å². The van der Waals surface area contributed by atoms with E-state index in [1.165, 1.54) is 5.56 Å². The van der Waals surface area contributed by atoms with E-state index >= 15 is 0 Å². The molecule has 27 heavy (non-hydrogen) atoms. The maximum atomic E-state index is 12.5. The first-order valence-electron chi connectivity index (χ1n) is 9.30. The molecular weight excluding hydrogens is 382 g/mol. The summed E-state index contributed by atoms with van der Waals surface area (Å²) in [7, 11) is 0. The van der Waals surface area contributed by atoms with Gasteiger partial charge in [0.1, 0.15) is 11.6 Å². The number of fused-ring (bicyclic) bond motifs is 1. The van der Waals surface area contributed by atoms with Gasteiger partial charge in [0.2, 0.25) is 5.91 Å². The van der Waals surface area contributed by atoms with Gasteiger partial charge in [-0.15, -0.1) is 34.4 Å². The first-order valence-corrected chi connectivity index (χ1v) is 10.3. The average Bonchev–Trinajstić information content (AvgIpc) is 3.11. The van der Waals surface area contributed by atoms with E-state index in [1.54, 1.807) is 11.8 Å². The van der Waals surface area contributed by atoms with E-state index in [2.05, 4.69) is 51.3 Å². The van der Waals surface area contributed by atoms with Crippen molar-refractivity contribution in [2.75, 3.05) is 25.4 Å². The summed E-state index contributed by atoms with van der Waals surface area (Å²) in [5.74, 6) is 3.33. The highest BCUT2D eigenvalue weighted by Crippen LogP contribution is 2.28. The zero-order chi connectivity index (χ0) is 17.9. The van der Waals surface area contributed by atoms with Crippen molar-refractivity contribution in [3.8, 4) is 0 Å². The summed E-state index contributed by atoms with van der Waals surface area (Å²) >= 11 is 1.62. The first-order chi connectivity index (χ1) is 12.7. The Bertz CT molecular complexity index is 771. The van der Waals surface area contributed by atoms with Gasteiger partial charge in [0.05, 0.1) is 12.3 Å². The van der Waals surface area contributed by atoms with E-state index in [0.29, 0.717) is 11.7 Å². The summed E-state index contributed by atoms with van der Waals surface area (Å²) < 4.78 is 2.27. The Hall–Kier alpha value is -1.57. The van der Waals surface area contributed by atoms with Crippen molar-refractivity contribution in [2.24, 2.45) is 0 Å². The number of nitrogens with zero attached hydrogens (tertiary/aromatic N) is 4. The maximum absolute atomic E-state index is 12.5. The molecule has 0 aliphatic carbocycles. The molecule has 4 rings (SSSR count). The van der Waals surface area contributed by atoms with Crippen molar-refractivity contribution in [2.45, 2.75) is 43.7 Å². The van der Waals surface area contributed by atoms with Gasteiger partial charge in [0.15, 0.2) is 0 Å². The Labute approximate surface area is 170 Å². The molecule has 2 aromatic rings. The number of amides is 1. The van der Waals surface area contributed by atoms with Crippen LogP contribution in [0.15, 0.2) is 29.2 Å². The fourth-order valence-corrected chi connectivity index (χ4v) is 4.48. The van der Waals surface area contributed by atoms with Gasteiger partial charge in [-0.05, 0) is 31.9 Å². The summed E-state index contributed by atoms with van der Waals surface area (Å²) in [4.78, 5) is 15.7. The second-order valence-electron chi connectivity index (χ2n) is 7.06. The van der Waals surface area contributed by atoms with Gasteiger partial charge in [0, 0.05) is 37.0 Å². The molecule has 1 N–H and O–H groups in total. The van der Waals surface area contributed by atoms with E-state index in [0.717, 1.165) is 62.1 Å². The van der Waals surface area contributed by atoms with Crippen LogP contribution in [0, 0.1) is 6.92 Å². The van der Waals surface area contributed by atoms with Gasteiger partial charge in [-0.25, -0.2) is 0 Å². The highest BCUT2D eigenvalue weighted by atomic mass is 35.5. The number of rotatable bonds is 4. The molecule has 146 valence electrons. The fraction of sp³-hybridized carbons (Fsp3) is 0.526. The Balaban J connectivity index is 0.00000210. The monoisotopic (exact) mass is 407 g/mol. The molecule has 1 aromatic heterocycles. The molecule has 0 radical (unpaired) electrons. The Kier molecular flexibility index (Phi) is 6.78. The SMILES string of the molecule is Cc1ccc(SCC(=O)N2CCC(c3nnc4n3CCNC4)CC2)cc1.Cl. The number of benzene rings is 1. The molecule has 2 aliphatic heterocycles. The maximum Gasteiger partial charge on any atom is 0.232 e. The Morgan fingerprint density at radius 1 is 1.19 bits per heavy atom. The van der Waals surface area contributed by atoms with Crippen LogP contribution in [0.1, 0.15) is 36.0 Å². The molecule has 1 amide bonds. The third kappa shape index (κ3) is 4.65. The van der Waals surface area contributed by atoms with Crippen LogP contribution in [0.5, 0.6) is 0 Å². The lowest BCUT2D eigenvalue weighted by Gasteiger charge is -2.32. The van der Waals surface area contributed by atoms with Crippen LogP contribution in [0.3, 0.4) is 0 Å². The number of likely N-dealkylation sites (tertiary alicyclic amines) is 1. The van der Waals surface area contributed by atoms with Crippen LogP contribution in [0.25, 0.3) is 0 Å². The highest BCUT2D eigenvalue weighted by molar-refractivity contribution is 8.00. The molecule has 0 bridgehead atoms. The minimum absolute atomic E-state index is 0. The second kappa shape index (κ2) is 9.08. The van der Waals surface area contributed by atoms with Crippen molar-refractivity contribution in [1.29, 1.82) is 0 Å². The number of aromatic nitrogens is 3. The molecule has 0 spiro atoms. The van der Waals surface area contributed by atoms with Gasteiger partial charge in [-0.3, -0.25) is 4.79 Å². The smallest absolute Gasteiger partial charge is 0.232 e. The zero-order valence-electron chi connectivity index (χ0n) is 15.6. The van der Waals surface area contributed by atoms with Crippen molar-refractivity contribution < 1.29 is 4.79 Å². The number of nitrogens with one attached hydrogen (secondary N) is 1. The molecule has 2 aliphatic rings. The predicted molar refractivity (Wildman–Crippen MR) is 109 cm³/mol. The lowest BCUT2D eigenvalue weighted by atomic mass is 9.95. The predicted octanol–water partition coefficient (Wildman–Crippen LogP) is 2.61. The molecule has 0 unspecified atom stereocenters. The van der Waals surface area contributed by atoms with Gasteiger partial charge >= 0.3 is 0 Å². The van der Waals surface area contributed by atoms with Crippen molar-refractivity contribution in [3.05, 3.63) is 41.5 Å². The number of carbonyl (C=O) groups is 1. The molecule has 3 heterocycles. The van der Waals surface area contributed by atoms with E-state index in [1.807, 2.05) is 4.90 Å². The standard InChI is InChI=1S/C19H25N5OS.ClH/c1-14-2-4-16(5-3-14)26-13-18(25)23-9-6-15(7-10-23)19-22-21-17-12-20-8-11-24(17)19;/h2-5,15,20H,6-13H2,1H3;1H. The summed E-state index contributed by atoms with van der Waals surface area (Å²) in [5.41, 5.74) is 1.24. The highest BCUT2D eigenvalue weighted by Gasteiger charge is 2.28. The molecule has 1 aromatic carbocycles. The fourth-order valence-electron chi connectivity index (χ4n) is 3.67. The van der Waals surface area contributed by atoms with Crippen molar-refractivity contribution >= 4 is 30.1 Å². The van der Waals surface area contributed by atoms with Crippen LogP contribution in [-0.2, 0) is 17.9 Å². The normalized spacial score (nSPS) is 17.3. The minimum atomic E-state index is 0. The number of halogens is 1. The summed E-state index contributed by atoms with van der Waals surface area (Å²) in [6, 6.07) is 8.35. The summed E-state index contributed by atoms with van der Waals surface area (Å²) in [5, 5.41) is 12.1. The second-order valence-corrected chi connectivity index (χ2v) is 8.11. The number of hydrogen-bond donors (Lipinski definition) is 1. The third-order valence-corrected chi connectivity index (χ3v) is 6.24. The lowest BCUT2D eigenvalue weighted by molar-refractivity contribution is -0.129. The first kappa shape index (κ1) is 20.2. The van der Waals surface area contributed by atoms with Crippen LogP contribution in [0.4, 0.5) is 0 Å². The van der Waals surface area contributed by atoms with Crippen LogP contribution < -0.4 is 5.32 Å². The summed E-state index contributed by atoms with van der Waals surface area (Å²) in [6.07, 6.45) is 1.96. The van der Waals surface area contributed by atoms with Gasteiger partial charge in [-0.2, -0.15) is 0 Å². The van der Waals surface area contributed by atoms with Gasteiger partial charge in [-0.1, -0.05) is 17.7 Å². The van der Waals surface area contributed by atoms with E-state index < -0.39 is 0 Å². The molecule has 1 fully saturated rings. The van der Waals surface area contributed by atoms with E-state index in [4.69, 9.17) is 0 Å². The molecule has 0 atom stereocenters. The summed E-state index contributed by atoms with van der Waals surface area (Å²) in [6.45, 7) is 6.44. The lowest BCUT2D eigenvalue weighted by Crippen LogP contribution is -2.39.